The minimum atomic E-state index is -4.01. The molecule has 0 spiro atoms. The minimum Gasteiger partial charge on any atom is -0.363 e. The highest BCUT2D eigenvalue weighted by molar-refractivity contribution is 7.89. The van der Waals surface area contributed by atoms with Gasteiger partial charge in [0.25, 0.3) is 5.82 Å². The fourth-order valence-electron chi connectivity index (χ4n) is 4.53. The zero-order chi connectivity index (χ0) is 23.9. The Morgan fingerprint density at radius 1 is 0.969 bits per heavy atom. The monoisotopic (exact) mass is 455 g/mol. The second kappa shape index (κ2) is 8.68. The second-order valence-electron chi connectivity index (χ2n) is 11.3. The van der Waals surface area contributed by atoms with Crippen LogP contribution in [0.25, 0.3) is 16.1 Å². The number of sulfonamides is 1. The van der Waals surface area contributed by atoms with Gasteiger partial charge in [-0.25, -0.2) is 13.6 Å². The molecule has 1 aliphatic rings. The maximum absolute atomic E-state index is 12.4. The fraction of sp³-hybridized carbons (Fsp3) is 0.577. The number of nitrogens with zero attached hydrogens (tertiary/aromatic N) is 2. The lowest BCUT2D eigenvalue weighted by atomic mass is 9.79. The van der Waals surface area contributed by atoms with Crippen LogP contribution in [0.15, 0.2) is 29.2 Å². The predicted molar refractivity (Wildman–Crippen MR) is 131 cm³/mol. The van der Waals surface area contributed by atoms with Gasteiger partial charge in [-0.05, 0) is 58.9 Å². The zero-order valence-corrected chi connectivity index (χ0v) is 21.1. The van der Waals surface area contributed by atoms with E-state index >= 15 is 0 Å². The van der Waals surface area contributed by atoms with Crippen LogP contribution in [-0.4, -0.2) is 13.0 Å². The lowest BCUT2D eigenvalue weighted by molar-refractivity contribution is 0.322. The SMILES string of the molecule is [C-]#[N+]c1c(S(N)(=O)=O)cc(-c2cc(C(C)(C)C)cc(C(C)(C)C)c2)n1CC1CCCCC1. The van der Waals surface area contributed by atoms with E-state index in [1.165, 1.54) is 30.4 Å². The smallest absolute Gasteiger partial charge is 0.250 e. The Morgan fingerprint density at radius 3 is 1.94 bits per heavy atom. The molecule has 6 heteroatoms. The van der Waals surface area contributed by atoms with Crippen molar-refractivity contribution < 1.29 is 8.42 Å². The van der Waals surface area contributed by atoms with Crippen LogP contribution in [0.2, 0.25) is 0 Å². The Balaban J connectivity index is 2.28. The van der Waals surface area contributed by atoms with Crippen molar-refractivity contribution in [3.05, 3.63) is 46.8 Å². The average Bonchev–Trinajstić information content (AvgIpc) is 3.05. The van der Waals surface area contributed by atoms with Crippen molar-refractivity contribution >= 4 is 15.8 Å². The Bertz CT molecular complexity index is 1100. The fourth-order valence-corrected chi connectivity index (χ4v) is 5.22. The maximum Gasteiger partial charge on any atom is 0.250 e. The summed E-state index contributed by atoms with van der Waals surface area (Å²) >= 11 is 0. The van der Waals surface area contributed by atoms with Gasteiger partial charge in [0.15, 0.2) is 0 Å². The van der Waals surface area contributed by atoms with E-state index in [-0.39, 0.29) is 21.5 Å². The molecule has 1 aromatic carbocycles. The Kier molecular flexibility index (Phi) is 6.66. The molecule has 1 fully saturated rings. The third-order valence-electron chi connectivity index (χ3n) is 6.57. The molecular formula is C26H37N3O2S. The highest BCUT2D eigenvalue weighted by Crippen LogP contribution is 2.40. The first-order valence-electron chi connectivity index (χ1n) is 11.5. The molecular weight excluding hydrogens is 418 g/mol. The van der Waals surface area contributed by atoms with Crippen LogP contribution in [0.1, 0.15) is 84.8 Å². The van der Waals surface area contributed by atoms with Gasteiger partial charge in [-0.2, -0.15) is 0 Å². The molecule has 1 heterocycles. The third-order valence-corrected chi connectivity index (χ3v) is 7.49. The topological polar surface area (TPSA) is 69.5 Å². The van der Waals surface area contributed by atoms with Crippen molar-refractivity contribution in [3.63, 3.8) is 0 Å². The van der Waals surface area contributed by atoms with Crippen molar-refractivity contribution in [1.29, 1.82) is 0 Å². The number of primary sulfonamides is 1. The molecule has 2 aromatic rings. The Morgan fingerprint density at radius 2 is 1.50 bits per heavy atom. The van der Waals surface area contributed by atoms with Crippen LogP contribution >= 0.6 is 0 Å². The Labute approximate surface area is 193 Å². The van der Waals surface area contributed by atoms with E-state index < -0.39 is 10.0 Å². The summed E-state index contributed by atoms with van der Waals surface area (Å²) in [6, 6.07) is 8.14. The van der Waals surface area contributed by atoms with Gasteiger partial charge in [0.2, 0.25) is 10.0 Å². The van der Waals surface area contributed by atoms with Crippen LogP contribution in [-0.2, 0) is 27.4 Å². The van der Waals surface area contributed by atoms with Crippen LogP contribution in [0.3, 0.4) is 0 Å². The van der Waals surface area contributed by atoms with Crippen LogP contribution in [0.4, 0.5) is 5.82 Å². The predicted octanol–water partition coefficient (Wildman–Crippen LogP) is 6.53. The van der Waals surface area contributed by atoms with E-state index in [9.17, 15) is 8.42 Å². The number of aromatic nitrogens is 1. The third kappa shape index (κ3) is 5.27. The first-order chi connectivity index (χ1) is 14.7. The van der Waals surface area contributed by atoms with Gasteiger partial charge in [-0.3, -0.25) is 4.57 Å². The molecule has 5 nitrogen and oxygen atoms in total. The molecule has 0 saturated heterocycles. The quantitative estimate of drug-likeness (QED) is 0.533. The number of rotatable bonds is 4. The van der Waals surface area contributed by atoms with Crippen molar-refractivity contribution in [2.45, 2.75) is 95.9 Å². The van der Waals surface area contributed by atoms with Gasteiger partial charge in [-0.15, -0.1) is 0 Å². The summed E-state index contributed by atoms with van der Waals surface area (Å²) in [6.45, 7) is 21.5. The summed E-state index contributed by atoms with van der Waals surface area (Å²) in [5, 5.41) is 5.54. The first kappa shape index (κ1) is 24.5. The number of hydrogen-bond acceptors (Lipinski definition) is 2. The average molecular weight is 456 g/mol. The van der Waals surface area contributed by atoms with Crippen LogP contribution in [0.5, 0.6) is 0 Å². The lowest BCUT2D eigenvalue weighted by Crippen LogP contribution is -2.17. The number of hydrogen-bond donors (Lipinski definition) is 1. The van der Waals surface area contributed by atoms with E-state index in [4.69, 9.17) is 11.7 Å². The van der Waals surface area contributed by atoms with Gasteiger partial charge < -0.3 is 4.85 Å². The van der Waals surface area contributed by atoms with Gasteiger partial charge in [-0.1, -0.05) is 73.4 Å². The van der Waals surface area contributed by atoms with Crippen LogP contribution < -0.4 is 5.14 Å². The van der Waals surface area contributed by atoms with E-state index in [1.54, 1.807) is 6.07 Å². The largest absolute Gasteiger partial charge is 0.363 e. The molecule has 174 valence electrons. The van der Waals surface area contributed by atoms with Crippen molar-refractivity contribution in [2.75, 3.05) is 0 Å². The van der Waals surface area contributed by atoms with Crippen molar-refractivity contribution in [1.82, 2.24) is 4.57 Å². The first-order valence-corrected chi connectivity index (χ1v) is 13.1. The molecule has 2 N–H and O–H groups in total. The van der Waals surface area contributed by atoms with Crippen molar-refractivity contribution in [3.8, 4) is 11.3 Å². The molecule has 0 bridgehead atoms. The zero-order valence-electron chi connectivity index (χ0n) is 20.3. The molecule has 0 radical (unpaired) electrons. The normalized spacial score (nSPS) is 16.2. The molecule has 1 aliphatic carbocycles. The number of nitrogens with two attached hydrogens (primary N) is 1. The molecule has 3 rings (SSSR count). The van der Waals surface area contributed by atoms with Gasteiger partial charge in [0, 0.05) is 5.56 Å². The van der Waals surface area contributed by atoms with E-state index in [2.05, 4.69) is 64.6 Å². The highest BCUT2D eigenvalue weighted by atomic mass is 32.2. The summed E-state index contributed by atoms with van der Waals surface area (Å²) in [5.41, 5.74) is 3.95. The second-order valence-corrected chi connectivity index (χ2v) is 12.8. The maximum atomic E-state index is 12.4. The standard InChI is InChI=1S/C26H37N3O2S/c1-25(2,3)20-13-19(14-21(15-20)26(4,5)6)22-16-23(32(27,30)31)24(28-7)29(22)17-18-11-9-8-10-12-18/h13-16,18H,8-12,17H2,1-6H3,(H2,27,30,31). The summed E-state index contributed by atoms with van der Waals surface area (Å²) in [5.74, 6) is 0.572. The van der Waals surface area contributed by atoms with Crippen molar-refractivity contribution in [2.24, 2.45) is 11.1 Å². The summed E-state index contributed by atoms with van der Waals surface area (Å²) in [6.07, 6.45) is 5.83. The number of benzene rings is 1. The molecule has 0 atom stereocenters. The highest BCUT2D eigenvalue weighted by Gasteiger charge is 2.29. The van der Waals surface area contributed by atoms with E-state index in [1.807, 2.05) is 4.57 Å². The summed E-state index contributed by atoms with van der Waals surface area (Å²) in [7, 11) is -4.01. The van der Waals surface area contributed by atoms with E-state index in [0.29, 0.717) is 12.5 Å². The van der Waals surface area contributed by atoms with E-state index in [0.717, 1.165) is 24.1 Å². The summed E-state index contributed by atoms with van der Waals surface area (Å²) < 4.78 is 26.7. The molecule has 0 aliphatic heterocycles. The molecule has 0 amide bonds. The molecule has 1 saturated carbocycles. The van der Waals surface area contributed by atoms with Crippen LogP contribution in [0, 0.1) is 12.5 Å². The molecule has 32 heavy (non-hydrogen) atoms. The minimum absolute atomic E-state index is 0.0673. The van der Waals surface area contributed by atoms with Gasteiger partial charge in [0.05, 0.1) is 6.54 Å². The van der Waals surface area contributed by atoms with Gasteiger partial charge >= 0.3 is 0 Å². The lowest BCUT2D eigenvalue weighted by Gasteiger charge is -2.26. The summed E-state index contributed by atoms with van der Waals surface area (Å²) in [4.78, 5) is 3.57. The molecule has 0 unspecified atom stereocenters. The molecule has 1 aromatic heterocycles. The van der Waals surface area contributed by atoms with Gasteiger partial charge in [0.1, 0.15) is 10.6 Å². The Hall–Kier alpha value is -2.10.